The van der Waals surface area contributed by atoms with E-state index in [1.54, 1.807) is 0 Å². The third-order valence-electron chi connectivity index (χ3n) is 3.78. The monoisotopic (exact) mass is 476 g/mol. The third-order valence-corrected chi connectivity index (χ3v) is 8.14. The van der Waals surface area contributed by atoms with Crippen LogP contribution in [0.25, 0.3) is 11.1 Å². The van der Waals surface area contributed by atoms with E-state index in [-0.39, 0.29) is 0 Å². The van der Waals surface area contributed by atoms with Crippen molar-refractivity contribution in [3.05, 3.63) is 59.6 Å². The fraction of sp³-hybridized carbons (Fsp3) is 0.333. The van der Waals surface area contributed by atoms with Gasteiger partial charge in [-0.25, -0.2) is 0 Å². The molecule has 0 spiro atoms. The highest BCUT2D eigenvalue weighted by Gasteiger charge is 2.46. The predicted octanol–water partition coefficient (Wildman–Crippen LogP) is 7.65. The summed E-state index contributed by atoms with van der Waals surface area (Å²) in [5.74, 6) is 0. The largest absolute Gasteiger partial charge is 0.120 e. The van der Waals surface area contributed by atoms with Gasteiger partial charge in [0, 0.05) is 10.6 Å². The van der Waals surface area contributed by atoms with E-state index in [9.17, 15) is 0 Å². The minimum absolute atomic E-state index is 0.437. The van der Waals surface area contributed by atoms with Crippen molar-refractivity contribution >= 4 is 81.2 Å². The van der Waals surface area contributed by atoms with Gasteiger partial charge >= 0.3 is 0 Å². The Morgan fingerprint density at radius 3 is 1.24 bits per heavy atom. The van der Waals surface area contributed by atoms with Gasteiger partial charge in [-0.05, 0) is 11.6 Å². The standard InChI is InChI=1S/C12H9Cl.C6H6Cl6/c13-12-9-5-4-8-11(12)10-6-2-1-3-7-10;7-1-2(8)4(10)6(12)5(11)3(1)9/h1-9H;1-6H. The molecule has 0 aromatic heterocycles. The van der Waals surface area contributed by atoms with E-state index in [0.717, 1.165) is 16.1 Å². The van der Waals surface area contributed by atoms with Gasteiger partial charge in [0.2, 0.25) is 0 Å². The first-order chi connectivity index (χ1) is 11.8. The number of alkyl halides is 6. The van der Waals surface area contributed by atoms with Crippen molar-refractivity contribution in [1.82, 2.24) is 0 Å². The molecule has 2 aromatic rings. The Labute approximate surface area is 183 Å². The van der Waals surface area contributed by atoms with Crippen molar-refractivity contribution < 1.29 is 0 Å². The van der Waals surface area contributed by atoms with Crippen molar-refractivity contribution in [2.24, 2.45) is 0 Å². The highest BCUT2D eigenvalue weighted by atomic mass is 35.5. The first-order valence-electron chi connectivity index (χ1n) is 7.49. The second kappa shape index (κ2) is 10.1. The molecule has 1 fully saturated rings. The van der Waals surface area contributed by atoms with E-state index in [1.165, 1.54) is 0 Å². The Hall–Kier alpha value is 0.470. The van der Waals surface area contributed by atoms with Crippen LogP contribution in [0, 0.1) is 0 Å². The number of hydrogen-bond acceptors (Lipinski definition) is 0. The van der Waals surface area contributed by atoms with E-state index in [0.29, 0.717) is 0 Å². The highest BCUT2D eigenvalue weighted by molar-refractivity contribution is 6.45. The van der Waals surface area contributed by atoms with Crippen LogP contribution in [0.15, 0.2) is 54.6 Å². The van der Waals surface area contributed by atoms with Gasteiger partial charge in [0.15, 0.2) is 0 Å². The minimum atomic E-state index is -0.437. The van der Waals surface area contributed by atoms with E-state index in [1.807, 2.05) is 42.5 Å². The molecule has 0 radical (unpaired) electrons. The number of benzene rings is 2. The molecule has 0 heterocycles. The molecule has 1 aliphatic carbocycles. The summed E-state index contributed by atoms with van der Waals surface area (Å²) < 4.78 is 0. The van der Waals surface area contributed by atoms with Crippen LogP contribution >= 0.6 is 81.2 Å². The van der Waals surface area contributed by atoms with Gasteiger partial charge in [-0.2, -0.15) is 0 Å². The number of halogens is 7. The Balaban J connectivity index is 0.000000181. The minimum Gasteiger partial charge on any atom is -0.120 e. The normalized spacial score (nSPS) is 31.8. The van der Waals surface area contributed by atoms with E-state index >= 15 is 0 Å². The van der Waals surface area contributed by atoms with Crippen molar-refractivity contribution in [2.75, 3.05) is 0 Å². The van der Waals surface area contributed by atoms with Crippen LogP contribution in [0.5, 0.6) is 0 Å². The molecule has 1 aliphatic rings. The highest BCUT2D eigenvalue weighted by Crippen LogP contribution is 2.39. The summed E-state index contributed by atoms with van der Waals surface area (Å²) in [5.41, 5.74) is 2.25. The van der Waals surface area contributed by atoms with Gasteiger partial charge in [0.1, 0.15) is 0 Å². The molecule has 0 N–H and O–H groups in total. The molecule has 0 amide bonds. The zero-order valence-corrected chi connectivity index (χ0v) is 18.1. The molecule has 0 nitrogen and oxygen atoms in total. The van der Waals surface area contributed by atoms with Crippen LogP contribution in [0.1, 0.15) is 0 Å². The van der Waals surface area contributed by atoms with Crippen LogP contribution in [-0.2, 0) is 0 Å². The molecule has 0 bridgehead atoms. The Kier molecular flexibility index (Phi) is 8.82. The lowest BCUT2D eigenvalue weighted by Gasteiger charge is -2.37. The summed E-state index contributed by atoms with van der Waals surface area (Å²) >= 11 is 41.3. The molecular weight excluding hydrogens is 464 g/mol. The summed E-state index contributed by atoms with van der Waals surface area (Å²) in [6, 6.07) is 18.0. The Morgan fingerprint density at radius 2 is 0.840 bits per heavy atom. The van der Waals surface area contributed by atoms with Crippen molar-refractivity contribution in [2.45, 2.75) is 32.3 Å². The molecule has 0 saturated heterocycles. The summed E-state index contributed by atoms with van der Waals surface area (Å²) in [5, 5.41) is -1.82. The Bertz CT molecular complexity index is 605. The fourth-order valence-electron chi connectivity index (χ4n) is 2.37. The van der Waals surface area contributed by atoms with Gasteiger partial charge < -0.3 is 0 Å². The van der Waals surface area contributed by atoms with Gasteiger partial charge in [-0.3, -0.25) is 0 Å². The maximum absolute atomic E-state index is 6.06. The maximum atomic E-state index is 6.06. The summed E-state index contributed by atoms with van der Waals surface area (Å²) in [6.07, 6.45) is 0. The van der Waals surface area contributed by atoms with Gasteiger partial charge in [0.05, 0.1) is 32.3 Å². The van der Waals surface area contributed by atoms with E-state index in [2.05, 4.69) is 12.1 Å². The summed E-state index contributed by atoms with van der Waals surface area (Å²) in [7, 11) is 0. The number of rotatable bonds is 1. The Morgan fingerprint density at radius 1 is 0.480 bits per heavy atom. The van der Waals surface area contributed by atoms with Crippen LogP contribution in [-0.4, -0.2) is 32.3 Å². The molecule has 3 rings (SSSR count). The molecule has 2 aromatic carbocycles. The van der Waals surface area contributed by atoms with Crippen molar-refractivity contribution in [1.29, 1.82) is 0 Å². The second-order valence-corrected chi connectivity index (χ2v) is 8.94. The molecule has 1 saturated carbocycles. The van der Waals surface area contributed by atoms with Gasteiger partial charge in [0.25, 0.3) is 0 Å². The van der Waals surface area contributed by atoms with Gasteiger partial charge in [-0.15, -0.1) is 69.6 Å². The second-order valence-electron chi connectivity index (χ2n) is 5.51. The topological polar surface area (TPSA) is 0 Å². The summed E-state index contributed by atoms with van der Waals surface area (Å²) in [6.45, 7) is 0. The zero-order valence-electron chi connectivity index (χ0n) is 12.8. The summed E-state index contributed by atoms with van der Waals surface area (Å²) in [4.78, 5) is 0. The molecule has 25 heavy (non-hydrogen) atoms. The lowest BCUT2D eigenvalue weighted by Crippen LogP contribution is -2.52. The van der Waals surface area contributed by atoms with Crippen molar-refractivity contribution in [3.8, 4) is 11.1 Å². The molecule has 0 aliphatic heterocycles. The lowest BCUT2D eigenvalue weighted by atomic mass is 9.97. The first-order valence-corrected chi connectivity index (χ1v) is 10.5. The number of hydrogen-bond donors (Lipinski definition) is 0. The maximum Gasteiger partial charge on any atom is 0.0693 e. The average Bonchev–Trinajstić information content (AvgIpc) is 2.65. The predicted molar refractivity (Wildman–Crippen MR) is 115 cm³/mol. The fourth-order valence-corrected chi connectivity index (χ4v) is 4.94. The first kappa shape index (κ1) is 21.8. The zero-order chi connectivity index (χ0) is 18.6. The van der Waals surface area contributed by atoms with Gasteiger partial charge in [-0.1, -0.05) is 60.1 Å². The van der Waals surface area contributed by atoms with Crippen LogP contribution in [0.4, 0.5) is 0 Å². The molecule has 136 valence electrons. The van der Waals surface area contributed by atoms with E-state index < -0.39 is 32.3 Å². The van der Waals surface area contributed by atoms with Crippen LogP contribution in [0.3, 0.4) is 0 Å². The lowest BCUT2D eigenvalue weighted by molar-refractivity contribution is 0.544. The quantitative estimate of drug-likeness (QED) is 0.369. The van der Waals surface area contributed by atoms with E-state index in [4.69, 9.17) is 81.2 Å². The molecular formula is C18H15Cl7. The molecule has 7 heteroatoms. The SMILES string of the molecule is ClC1C(Cl)C(Cl)C(Cl)C(Cl)C1Cl.Clc1ccccc1-c1ccccc1. The van der Waals surface area contributed by atoms with Crippen LogP contribution < -0.4 is 0 Å². The average molecular weight is 479 g/mol. The smallest absolute Gasteiger partial charge is 0.0693 e. The third kappa shape index (κ3) is 5.48. The molecule has 0 atom stereocenters. The van der Waals surface area contributed by atoms with Crippen LogP contribution in [0.2, 0.25) is 5.02 Å². The van der Waals surface area contributed by atoms with Crippen molar-refractivity contribution in [3.63, 3.8) is 0 Å². The molecule has 0 unspecified atom stereocenters.